The van der Waals surface area contributed by atoms with Crippen LogP contribution in [-0.2, 0) is 13.0 Å². The SMILES string of the molecule is Cc1cnc(CN(C)C2CCCN(CCc3ccccc3)C2)[nH]1. The Balaban J connectivity index is 1.49. The van der Waals surface area contributed by atoms with Crippen molar-refractivity contribution in [1.82, 2.24) is 19.8 Å². The van der Waals surface area contributed by atoms with Gasteiger partial charge in [-0.2, -0.15) is 0 Å². The lowest BCUT2D eigenvalue weighted by Gasteiger charge is -2.37. The van der Waals surface area contributed by atoms with Gasteiger partial charge in [0.15, 0.2) is 0 Å². The lowest BCUT2D eigenvalue weighted by atomic mass is 10.0. The monoisotopic (exact) mass is 312 g/mol. The number of nitrogens with one attached hydrogen (secondary N) is 1. The Morgan fingerprint density at radius 3 is 2.87 bits per heavy atom. The van der Waals surface area contributed by atoms with Gasteiger partial charge in [0.25, 0.3) is 0 Å². The lowest BCUT2D eigenvalue weighted by Crippen LogP contribution is -2.46. The second kappa shape index (κ2) is 7.75. The molecule has 0 aliphatic carbocycles. The van der Waals surface area contributed by atoms with Crippen LogP contribution >= 0.6 is 0 Å². The number of nitrogens with zero attached hydrogens (tertiary/aromatic N) is 3. The van der Waals surface area contributed by atoms with E-state index in [1.807, 2.05) is 6.20 Å². The first-order valence-corrected chi connectivity index (χ1v) is 8.68. The van der Waals surface area contributed by atoms with E-state index >= 15 is 0 Å². The van der Waals surface area contributed by atoms with Crippen molar-refractivity contribution in [2.45, 2.75) is 38.8 Å². The van der Waals surface area contributed by atoms with Crippen molar-refractivity contribution in [3.63, 3.8) is 0 Å². The number of hydrogen-bond donors (Lipinski definition) is 1. The second-order valence-corrected chi connectivity index (χ2v) is 6.76. The van der Waals surface area contributed by atoms with E-state index in [4.69, 9.17) is 0 Å². The van der Waals surface area contributed by atoms with Gasteiger partial charge in [0.1, 0.15) is 5.82 Å². The number of aromatic amines is 1. The molecule has 1 fully saturated rings. The summed E-state index contributed by atoms with van der Waals surface area (Å²) in [7, 11) is 2.23. The fraction of sp³-hybridized carbons (Fsp3) is 0.526. The molecule has 1 aliphatic rings. The number of rotatable bonds is 6. The number of benzene rings is 1. The van der Waals surface area contributed by atoms with Gasteiger partial charge < -0.3 is 9.88 Å². The van der Waals surface area contributed by atoms with Gasteiger partial charge in [-0.05, 0) is 45.3 Å². The summed E-state index contributed by atoms with van der Waals surface area (Å²) in [5.41, 5.74) is 2.58. The van der Waals surface area contributed by atoms with E-state index in [0.717, 1.165) is 31.0 Å². The first kappa shape index (κ1) is 16.2. The number of likely N-dealkylation sites (tertiary alicyclic amines) is 1. The number of likely N-dealkylation sites (N-methyl/N-ethyl adjacent to an activating group) is 1. The molecule has 4 heteroatoms. The zero-order valence-corrected chi connectivity index (χ0v) is 14.3. The van der Waals surface area contributed by atoms with Crippen LogP contribution in [0.25, 0.3) is 0 Å². The van der Waals surface area contributed by atoms with Crippen LogP contribution in [0, 0.1) is 6.92 Å². The molecular weight excluding hydrogens is 284 g/mol. The van der Waals surface area contributed by atoms with Gasteiger partial charge >= 0.3 is 0 Å². The highest BCUT2D eigenvalue weighted by Crippen LogP contribution is 2.17. The predicted octanol–water partition coefficient (Wildman–Crippen LogP) is 2.86. The van der Waals surface area contributed by atoms with Gasteiger partial charge in [-0.3, -0.25) is 4.90 Å². The number of imidazole rings is 1. The topological polar surface area (TPSA) is 35.2 Å². The van der Waals surface area contributed by atoms with Gasteiger partial charge in [0, 0.05) is 31.0 Å². The zero-order chi connectivity index (χ0) is 16.1. The minimum Gasteiger partial charge on any atom is -0.345 e. The Labute approximate surface area is 139 Å². The number of aryl methyl sites for hydroxylation is 1. The van der Waals surface area contributed by atoms with Gasteiger partial charge in [-0.15, -0.1) is 0 Å². The standard InChI is InChI=1S/C19H28N4/c1-16-13-20-19(21-16)15-22(2)18-9-6-11-23(14-18)12-10-17-7-4-3-5-8-17/h3-5,7-8,13,18H,6,9-12,14-15H2,1-2H3,(H,20,21). The van der Waals surface area contributed by atoms with Crippen molar-refractivity contribution in [2.24, 2.45) is 0 Å². The number of aromatic nitrogens is 2. The molecule has 1 N–H and O–H groups in total. The predicted molar refractivity (Wildman–Crippen MR) is 94.4 cm³/mol. The van der Waals surface area contributed by atoms with Gasteiger partial charge in [0.05, 0.1) is 6.54 Å². The molecule has 1 saturated heterocycles. The minimum atomic E-state index is 0.630. The molecule has 23 heavy (non-hydrogen) atoms. The van der Waals surface area contributed by atoms with E-state index in [1.54, 1.807) is 0 Å². The van der Waals surface area contributed by atoms with E-state index in [-0.39, 0.29) is 0 Å². The first-order chi connectivity index (χ1) is 11.2. The summed E-state index contributed by atoms with van der Waals surface area (Å²) in [6.07, 6.45) is 5.64. The highest BCUT2D eigenvalue weighted by molar-refractivity contribution is 5.14. The molecule has 1 aliphatic heterocycles. The van der Waals surface area contributed by atoms with Gasteiger partial charge in [0.2, 0.25) is 0 Å². The molecule has 0 amide bonds. The summed E-state index contributed by atoms with van der Waals surface area (Å²) in [5, 5.41) is 0. The lowest BCUT2D eigenvalue weighted by molar-refractivity contribution is 0.111. The summed E-state index contributed by atoms with van der Waals surface area (Å²) < 4.78 is 0. The fourth-order valence-corrected chi connectivity index (χ4v) is 3.44. The van der Waals surface area contributed by atoms with Crippen molar-refractivity contribution in [3.05, 3.63) is 53.6 Å². The van der Waals surface area contributed by atoms with Crippen molar-refractivity contribution >= 4 is 0 Å². The van der Waals surface area contributed by atoms with E-state index in [0.29, 0.717) is 6.04 Å². The minimum absolute atomic E-state index is 0.630. The molecule has 124 valence electrons. The van der Waals surface area contributed by atoms with E-state index in [9.17, 15) is 0 Å². The smallest absolute Gasteiger partial charge is 0.120 e. The highest BCUT2D eigenvalue weighted by atomic mass is 15.2. The number of hydrogen-bond acceptors (Lipinski definition) is 3. The average molecular weight is 312 g/mol. The Morgan fingerprint density at radius 1 is 1.30 bits per heavy atom. The molecule has 0 bridgehead atoms. The molecule has 4 nitrogen and oxygen atoms in total. The fourth-order valence-electron chi connectivity index (χ4n) is 3.44. The maximum Gasteiger partial charge on any atom is 0.120 e. The Kier molecular flexibility index (Phi) is 5.47. The van der Waals surface area contributed by atoms with Crippen LogP contribution in [0.15, 0.2) is 36.5 Å². The summed E-state index contributed by atoms with van der Waals surface area (Å²) in [5.74, 6) is 1.08. The Bertz CT molecular complexity index is 592. The highest BCUT2D eigenvalue weighted by Gasteiger charge is 2.23. The summed E-state index contributed by atoms with van der Waals surface area (Å²) in [4.78, 5) is 12.8. The van der Waals surface area contributed by atoms with Gasteiger partial charge in [-0.1, -0.05) is 30.3 Å². The second-order valence-electron chi connectivity index (χ2n) is 6.76. The molecule has 1 atom stereocenters. The van der Waals surface area contributed by atoms with Crippen LogP contribution in [0.2, 0.25) is 0 Å². The van der Waals surface area contributed by atoms with Crippen molar-refractivity contribution in [2.75, 3.05) is 26.7 Å². The normalized spacial score (nSPS) is 19.3. The van der Waals surface area contributed by atoms with Crippen LogP contribution in [0.5, 0.6) is 0 Å². The Morgan fingerprint density at radius 2 is 2.13 bits per heavy atom. The molecule has 1 unspecified atom stereocenters. The van der Waals surface area contributed by atoms with Crippen molar-refractivity contribution < 1.29 is 0 Å². The third kappa shape index (κ3) is 4.66. The molecule has 2 aromatic rings. The third-order valence-corrected chi connectivity index (χ3v) is 4.82. The summed E-state index contributed by atoms with van der Waals surface area (Å²) in [6, 6.07) is 11.4. The van der Waals surface area contributed by atoms with Gasteiger partial charge in [-0.25, -0.2) is 4.98 Å². The average Bonchev–Trinajstić information content (AvgIpc) is 2.99. The summed E-state index contributed by atoms with van der Waals surface area (Å²) in [6.45, 7) is 6.53. The van der Waals surface area contributed by atoms with Crippen LogP contribution in [0.1, 0.15) is 29.9 Å². The number of piperidine rings is 1. The maximum atomic E-state index is 4.43. The van der Waals surface area contributed by atoms with Crippen LogP contribution in [0.3, 0.4) is 0 Å². The molecule has 0 saturated carbocycles. The Hall–Kier alpha value is -1.65. The van der Waals surface area contributed by atoms with Crippen LogP contribution in [0.4, 0.5) is 0 Å². The summed E-state index contributed by atoms with van der Waals surface area (Å²) >= 11 is 0. The number of H-pyrrole nitrogens is 1. The molecule has 0 spiro atoms. The zero-order valence-electron chi connectivity index (χ0n) is 14.3. The molecule has 1 aromatic heterocycles. The molecule has 0 radical (unpaired) electrons. The molecule has 2 heterocycles. The molecule has 1 aromatic carbocycles. The molecule has 3 rings (SSSR count). The van der Waals surface area contributed by atoms with Crippen molar-refractivity contribution in [3.8, 4) is 0 Å². The van der Waals surface area contributed by atoms with Crippen LogP contribution < -0.4 is 0 Å². The largest absolute Gasteiger partial charge is 0.345 e. The van der Waals surface area contributed by atoms with Crippen molar-refractivity contribution in [1.29, 1.82) is 0 Å². The maximum absolute atomic E-state index is 4.43. The quantitative estimate of drug-likeness (QED) is 0.891. The first-order valence-electron chi connectivity index (χ1n) is 8.68. The van der Waals surface area contributed by atoms with E-state index in [1.165, 1.54) is 31.5 Å². The third-order valence-electron chi connectivity index (χ3n) is 4.82. The van der Waals surface area contributed by atoms with E-state index < -0.39 is 0 Å². The molecular formula is C19H28N4. The van der Waals surface area contributed by atoms with Crippen LogP contribution in [-0.4, -0.2) is 52.5 Å². The van der Waals surface area contributed by atoms with E-state index in [2.05, 4.69) is 64.1 Å².